The second-order valence-corrected chi connectivity index (χ2v) is 7.01. The molecular formula is C23H23FN2O5. The number of nitrogens with one attached hydrogen (secondary N) is 1. The maximum absolute atomic E-state index is 14.0. The summed E-state index contributed by atoms with van der Waals surface area (Å²) < 4.78 is 19.6. The molecule has 2 aromatic carbocycles. The number of hydrogen-bond acceptors (Lipinski definition) is 5. The summed E-state index contributed by atoms with van der Waals surface area (Å²) in [5, 5.41) is 19.9. The molecule has 3 aromatic rings. The van der Waals surface area contributed by atoms with Crippen molar-refractivity contribution in [2.24, 2.45) is 0 Å². The average Bonchev–Trinajstić information content (AvgIpc) is 3.22. The van der Waals surface area contributed by atoms with Gasteiger partial charge in [0, 0.05) is 49.3 Å². The number of benzene rings is 2. The van der Waals surface area contributed by atoms with Crippen LogP contribution in [0, 0.1) is 5.82 Å². The predicted molar refractivity (Wildman–Crippen MR) is 115 cm³/mol. The van der Waals surface area contributed by atoms with Gasteiger partial charge >= 0.3 is 11.9 Å². The van der Waals surface area contributed by atoms with Crippen LogP contribution in [0.1, 0.15) is 5.56 Å². The van der Waals surface area contributed by atoms with Crippen molar-refractivity contribution >= 4 is 28.6 Å². The Labute approximate surface area is 178 Å². The molecule has 0 radical (unpaired) electrons. The van der Waals surface area contributed by atoms with Crippen LogP contribution in [0.3, 0.4) is 0 Å². The number of furan rings is 1. The highest BCUT2D eigenvalue weighted by Gasteiger charge is 2.25. The van der Waals surface area contributed by atoms with Gasteiger partial charge in [-0.2, -0.15) is 0 Å². The van der Waals surface area contributed by atoms with Gasteiger partial charge < -0.3 is 24.8 Å². The average molecular weight is 426 g/mol. The van der Waals surface area contributed by atoms with Gasteiger partial charge in [-0.25, -0.2) is 14.0 Å². The van der Waals surface area contributed by atoms with Gasteiger partial charge in [0.05, 0.1) is 12.0 Å². The van der Waals surface area contributed by atoms with Crippen molar-refractivity contribution in [3.8, 4) is 0 Å². The zero-order chi connectivity index (χ0) is 22.2. The molecule has 162 valence electrons. The summed E-state index contributed by atoms with van der Waals surface area (Å²) in [7, 11) is 0. The third-order valence-corrected chi connectivity index (χ3v) is 4.84. The molecule has 2 heterocycles. The van der Waals surface area contributed by atoms with E-state index in [0.29, 0.717) is 12.2 Å². The van der Waals surface area contributed by atoms with E-state index >= 15 is 0 Å². The van der Waals surface area contributed by atoms with E-state index in [1.54, 1.807) is 12.3 Å². The van der Waals surface area contributed by atoms with Gasteiger partial charge in [-0.3, -0.25) is 0 Å². The zero-order valence-corrected chi connectivity index (χ0v) is 16.7. The Morgan fingerprint density at radius 2 is 1.84 bits per heavy atom. The van der Waals surface area contributed by atoms with E-state index in [-0.39, 0.29) is 11.9 Å². The Morgan fingerprint density at radius 3 is 2.52 bits per heavy atom. The fraction of sp³-hybridized carbons (Fsp3) is 0.217. The first-order valence-electron chi connectivity index (χ1n) is 9.76. The summed E-state index contributed by atoms with van der Waals surface area (Å²) in [6.07, 6.45) is 3.67. The Morgan fingerprint density at radius 1 is 1.13 bits per heavy atom. The monoisotopic (exact) mass is 426 g/mol. The SMILES string of the molecule is Fc1cc(N2CCNC[C@@H]2Cc2ccccc2)c2occc2c1.O=C(O)C=CC(=O)O. The van der Waals surface area contributed by atoms with Crippen LogP contribution >= 0.6 is 0 Å². The molecule has 1 aliphatic heterocycles. The van der Waals surface area contributed by atoms with E-state index < -0.39 is 11.9 Å². The van der Waals surface area contributed by atoms with Crippen LogP contribution in [-0.4, -0.2) is 47.8 Å². The Kier molecular flexibility index (Phi) is 7.40. The van der Waals surface area contributed by atoms with Crippen LogP contribution < -0.4 is 10.2 Å². The van der Waals surface area contributed by atoms with Crippen LogP contribution in [0.25, 0.3) is 11.0 Å². The molecule has 0 aliphatic carbocycles. The van der Waals surface area contributed by atoms with E-state index in [0.717, 1.165) is 42.7 Å². The van der Waals surface area contributed by atoms with Gasteiger partial charge in [0.25, 0.3) is 0 Å². The Bertz CT molecular complexity index is 1050. The van der Waals surface area contributed by atoms with E-state index in [2.05, 4.69) is 34.5 Å². The summed E-state index contributed by atoms with van der Waals surface area (Å²) in [4.78, 5) is 21.4. The van der Waals surface area contributed by atoms with Crippen LogP contribution in [-0.2, 0) is 16.0 Å². The topological polar surface area (TPSA) is 103 Å². The van der Waals surface area contributed by atoms with Crippen molar-refractivity contribution in [2.75, 3.05) is 24.5 Å². The maximum atomic E-state index is 14.0. The van der Waals surface area contributed by atoms with Crippen molar-refractivity contribution < 1.29 is 28.6 Å². The van der Waals surface area contributed by atoms with Gasteiger partial charge in [0.15, 0.2) is 5.58 Å². The minimum absolute atomic E-state index is 0.217. The van der Waals surface area contributed by atoms with Crippen molar-refractivity contribution in [3.05, 3.63) is 78.3 Å². The molecule has 0 saturated carbocycles. The van der Waals surface area contributed by atoms with Crippen molar-refractivity contribution in [3.63, 3.8) is 0 Å². The van der Waals surface area contributed by atoms with E-state index in [9.17, 15) is 14.0 Å². The van der Waals surface area contributed by atoms with Gasteiger partial charge in [-0.15, -0.1) is 0 Å². The number of halogens is 1. The van der Waals surface area contributed by atoms with Crippen molar-refractivity contribution in [1.82, 2.24) is 5.32 Å². The molecule has 3 N–H and O–H groups in total. The molecule has 0 bridgehead atoms. The minimum Gasteiger partial charge on any atom is -0.478 e. The lowest BCUT2D eigenvalue weighted by molar-refractivity contribution is -0.134. The molecule has 31 heavy (non-hydrogen) atoms. The summed E-state index contributed by atoms with van der Waals surface area (Å²) in [5.41, 5.74) is 2.91. The van der Waals surface area contributed by atoms with Crippen LogP contribution in [0.4, 0.5) is 10.1 Å². The lowest BCUT2D eigenvalue weighted by Gasteiger charge is -2.38. The van der Waals surface area contributed by atoms with E-state index in [1.165, 1.54) is 11.6 Å². The highest BCUT2D eigenvalue weighted by molar-refractivity contribution is 5.90. The lowest BCUT2D eigenvalue weighted by atomic mass is 10.0. The molecule has 1 aromatic heterocycles. The molecule has 7 nitrogen and oxygen atoms in total. The molecule has 1 atom stereocenters. The fourth-order valence-electron chi connectivity index (χ4n) is 3.53. The molecule has 4 rings (SSSR count). The minimum atomic E-state index is -1.26. The number of nitrogens with zero attached hydrogens (tertiary/aromatic N) is 1. The third-order valence-electron chi connectivity index (χ3n) is 4.84. The normalized spacial score (nSPS) is 16.2. The summed E-state index contributed by atoms with van der Waals surface area (Å²) >= 11 is 0. The molecule has 1 aliphatic rings. The predicted octanol–water partition coefficient (Wildman–Crippen LogP) is 3.30. The number of hydrogen-bond donors (Lipinski definition) is 3. The second-order valence-electron chi connectivity index (χ2n) is 7.01. The quantitative estimate of drug-likeness (QED) is 0.538. The molecule has 0 unspecified atom stereocenters. The van der Waals surface area contributed by atoms with E-state index in [1.807, 2.05) is 12.1 Å². The molecule has 0 amide bonds. The van der Waals surface area contributed by atoms with Gasteiger partial charge in [0.2, 0.25) is 0 Å². The van der Waals surface area contributed by atoms with Crippen LogP contribution in [0.5, 0.6) is 0 Å². The Hall–Kier alpha value is -3.65. The fourth-order valence-corrected chi connectivity index (χ4v) is 3.53. The first-order valence-corrected chi connectivity index (χ1v) is 9.76. The number of carbonyl (C=O) groups is 2. The molecule has 8 heteroatoms. The number of carboxylic acid groups (broad SMARTS) is 2. The summed E-state index contributed by atoms with van der Waals surface area (Å²) in [6.45, 7) is 2.62. The summed E-state index contributed by atoms with van der Waals surface area (Å²) in [5.74, 6) is -2.73. The third kappa shape index (κ3) is 6.16. The molecule has 1 fully saturated rings. The highest BCUT2D eigenvalue weighted by Crippen LogP contribution is 2.31. The van der Waals surface area contributed by atoms with Crippen molar-refractivity contribution in [1.29, 1.82) is 0 Å². The highest BCUT2D eigenvalue weighted by atomic mass is 19.1. The van der Waals surface area contributed by atoms with Crippen LogP contribution in [0.2, 0.25) is 0 Å². The largest absolute Gasteiger partial charge is 0.478 e. The van der Waals surface area contributed by atoms with Gasteiger partial charge in [0.1, 0.15) is 5.82 Å². The maximum Gasteiger partial charge on any atom is 0.328 e. The number of piperazine rings is 1. The number of aliphatic carboxylic acids is 2. The molecular weight excluding hydrogens is 403 g/mol. The Balaban J connectivity index is 0.000000293. The number of anilines is 1. The molecule has 0 spiro atoms. The summed E-state index contributed by atoms with van der Waals surface area (Å²) in [6, 6.07) is 15.6. The van der Waals surface area contributed by atoms with Gasteiger partial charge in [-0.1, -0.05) is 30.3 Å². The smallest absolute Gasteiger partial charge is 0.328 e. The lowest BCUT2D eigenvalue weighted by Crippen LogP contribution is -2.52. The van der Waals surface area contributed by atoms with Crippen molar-refractivity contribution in [2.45, 2.75) is 12.5 Å². The second kappa shape index (κ2) is 10.4. The number of rotatable bonds is 5. The van der Waals surface area contributed by atoms with Crippen LogP contribution in [0.15, 0.2) is 71.4 Å². The standard InChI is InChI=1S/C19H19FN2O.C4H4O4/c20-16-11-15-6-9-23-19(15)18(12-16)22-8-7-21-13-17(22)10-14-4-2-1-3-5-14;5-3(6)1-2-4(7)8/h1-6,9,11-12,17,21H,7-8,10,13H2;1-2H,(H,5,6)(H,7,8)/t17-;/m0./s1. The van der Waals surface area contributed by atoms with Gasteiger partial charge in [-0.05, 0) is 24.1 Å². The first-order chi connectivity index (χ1) is 14.9. The first kappa shape index (κ1) is 22.0. The zero-order valence-electron chi connectivity index (χ0n) is 16.7. The number of fused-ring (bicyclic) bond motifs is 1. The molecule has 1 saturated heterocycles. The van der Waals surface area contributed by atoms with E-state index in [4.69, 9.17) is 14.6 Å². The number of carboxylic acids is 2.